The average molecular weight is 415 g/mol. The molecular formula is C23H21N5O3. The first-order valence-electron chi connectivity index (χ1n) is 9.73. The SMILES string of the molecule is COCCNC(=O)Nc1cccc(C(=O)c2c[nH]c3ncc(-c4ccccn4)cc23)c1. The number of methoxy groups -OCH3 is 1. The molecule has 8 nitrogen and oxygen atoms in total. The normalized spacial score (nSPS) is 10.7. The minimum atomic E-state index is -0.363. The molecule has 0 spiro atoms. The molecule has 0 unspecified atom stereocenters. The number of hydrogen-bond acceptors (Lipinski definition) is 5. The lowest BCUT2D eigenvalue weighted by Crippen LogP contribution is -2.31. The molecule has 0 saturated carbocycles. The van der Waals surface area contributed by atoms with Crippen molar-refractivity contribution in [2.45, 2.75) is 0 Å². The number of pyridine rings is 2. The summed E-state index contributed by atoms with van der Waals surface area (Å²) in [5.74, 6) is -0.172. The summed E-state index contributed by atoms with van der Waals surface area (Å²) in [7, 11) is 1.56. The first kappa shape index (κ1) is 20.2. The molecule has 3 heterocycles. The molecule has 1 aromatic carbocycles. The second kappa shape index (κ2) is 9.19. The minimum absolute atomic E-state index is 0.172. The van der Waals surface area contributed by atoms with Crippen LogP contribution < -0.4 is 10.6 Å². The minimum Gasteiger partial charge on any atom is -0.383 e. The Hall–Kier alpha value is -4.04. The van der Waals surface area contributed by atoms with Crippen LogP contribution >= 0.6 is 0 Å². The van der Waals surface area contributed by atoms with Crippen molar-refractivity contribution in [3.63, 3.8) is 0 Å². The number of rotatable bonds is 7. The van der Waals surface area contributed by atoms with Crippen molar-refractivity contribution in [2.24, 2.45) is 0 Å². The largest absolute Gasteiger partial charge is 0.383 e. The van der Waals surface area contributed by atoms with Gasteiger partial charge in [-0.3, -0.25) is 9.78 Å². The molecule has 0 saturated heterocycles. The maximum Gasteiger partial charge on any atom is 0.319 e. The van der Waals surface area contributed by atoms with E-state index >= 15 is 0 Å². The van der Waals surface area contributed by atoms with Gasteiger partial charge in [0.2, 0.25) is 0 Å². The molecule has 0 fully saturated rings. The van der Waals surface area contributed by atoms with Crippen LogP contribution in [0.25, 0.3) is 22.3 Å². The van der Waals surface area contributed by atoms with Crippen LogP contribution in [-0.4, -0.2) is 47.0 Å². The Balaban J connectivity index is 1.59. The van der Waals surface area contributed by atoms with Crippen LogP contribution in [0.1, 0.15) is 15.9 Å². The molecule has 0 atom stereocenters. The second-order valence-electron chi connectivity index (χ2n) is 6.82. The van der Waals surface area contributed by atoms with Gasteiger partial charge in [0.25, 0.3) is 0 Å². The van der Waals surface area contributed by atoms with Gasteiger partial charge in [-0.2, -0.15) is 0 Å². The predicted molar refractivity (Wildman–Crippen MR) is 118 cm³/mol. The molecule has 31 heavy (non-hydrogen) atoms. The molecule has 4 rings (SSSR count). The number of hydrogen-bond donors (Lipinski definition) is 3. The third-order valence-electron chi connectivity index (χ3n) is 4.71. The van der Waals surface area contributed by atoms with E-state index in [1.54, 1.807) is 50.0 Å². The lowest BCUT2D eigenvalue weighted by Gasteiger charge is -2.08. The molecule has 3 N–H and O–H groups in total. The predicted octanol–water partition coefficient (Wildman–Crippen LogP) is 3.62. The molecule has 0 aliphatic carbocycles. The zero-order valence-corrected chi connectivity index (χ0v) is 16.9. The highest BCUT2D eigenvalue weighted by Crippen LogP contribution is 2.25. The molecule has 8 heteroatoms. The van der Waals surface area contributed by atoms with E-state index in [1.165, 1.54) is 0 Å². The Kier molecular flexibility index (Phi) is 6.00. The zero-order valence-electron chi connectivity index (χ0n) is 16.9. The summed E-state index contributed by atoms with van der Waals surface area (Å²) in [4.78, 5) is 37.0. The summed E-state index contributed by atoms with van der Waals surface area (Å²) < 4.78 is 4.91. The summed E-state index contributed by atoms with van der Waals surface area (Å²) >= 11 is 0. The molecule has 0 aliphatic heterocycles. The monoisotopic (exact) mass is 415 g/mol. The van der Waals surface area contributed by atoms with E-state index in [0.717, 1.165) is 11.3 Å². The summed E-state index contributed by atoms with van der Waals surface area (Å²) in [5.41, 5.74) is 3.70. The fraction of sp³-hybridized carbons (Fsp3) is 0.130. The van der Waals surface area contributed by atoms with E-state index in [0.29, 0.717) is 41.0 Å². The van der Waals surface area contributed by atoms with Gasteiger partial charge in [-0.05, 0) is 30.3 Å². The van der Waals surface area contributed by atoms with E-state index in [4.69, 9.17) is 4.74 Å². The Morgan fingerprint density at radius 3 is 2.81 bits per heavy atom. The lowest BCUT2D eigenvalue weighted by molar-refractivity contribution is 0.104. The van der Waals surface area contributed by atoms with Crippen LogP contribution in [0.2, 0.25) is 0 Å². The Labute approximate surface area is 178 Å². The summed E-state index contributed by atoms with van der Waals surface area (Å²) in [6, 6.07) is 14.0. The van der Waals surface area contributed by atoms with Crippen molar-refractivity contribution in [2.75, 3.05) is 25.6 Å². The Morgan fingerprint density at radius 1 is 1.10 bits per heavy atom. The summed E-state index contributed by atoms with van der Waals surface area (Å²) in [6.07, 6.45) is 5.09. The first-order chi connectivity index (χ1) is 15.2. The van der Waals surface area contributed by atoms with Crippen molar-refractivity contribution in [3.05, 3.63) is 78.2 Å². The highest BCUT2D eigenvalue weighted by atomic mass is 16.5. The van der Waals surface area contributed by atoms with Gasteiger partial charge in [0.05, 0.1) is 12.3 Å². The van der Waals surface area contributed by atoms with Crippen molar-refractivity contribution < 1.29 is 14.3 Å². The standard InChI is InChI=1S/C23H21N5O3/c1-31-10-9-25-23(30)28-17-6-4-5-15(11-17)21(29)19-14-27-22-18(19)12-16(13-26-22)20-7-2-3-8-24-20/h2-8,11-14H,9-10H2,1H3,(H,26,27)(H2,25,28,30). The Morgan fingerprint density at radius 2 is 2.00 bits per heavy atom. The number of fused-ring (bicyclic) bond motifs is 1. The van der Waals surface area contributed by atoms with Crippen LogP contribution in [0.3, 0.4) is 0 Å². The number of nitrogens with zero attached hydrogens (tertiary/aromatic N) is 2. The fourth-order valence-corrected chi connectivity index (χ4v) is 3.20. The number of amides is 2. The average Bonchev–Trinajstić information content (AvgIpc) is 3.23. The molecule has 0 bridgehead atoms. The topological polar surface area (TPSA) is 109 Å². The summed E-state index contributed by atoms with van der Waals surface area (Å²) in [6.45, 7) is 0.808. The molecule has 4 aromatic rings. The quantitative estimate of drug-likeness (QED) is 0.315. The van der Waals surface area contributed by atoms with Crippen molar-refractivity contribution in [3.8, 4) is 11.3 Å². The van der Waals surface area contributed by atoms with Crippen LogP contribution in [0.15, 0.2) is 67.1 Å². The van der Waals surface area contributed by atoms with E-state index in [-0.39, 0.29) is 11.8 Å². The van der Waals surface area contributed by atoms with Gasteiger partial charge < -0.3 is 20.4 Å². The van der Waals surface area contributed by atoms with E-state index in [9.17, 15) is 9.59 Å². The van der Waals surface area contributed by atoms with Gasteiger partial charge in [0.1, 0.15) is 5.65 Å². The van der Waals surface area contributed by atoms with Gasteiger partial charge in [-0.15, -0.1) is 0 Å². The molecule has 0 radical (unpaired) electrons. The number of nitrogens with one attached hydrogen (secondary N) is 3. The molecule has 0 aliphatic rings. The highest BCUT2D eigenvalue weighted by Gasteiger charge is 2.16. The number of carbonyl (C=O) groups is 2. The summed E-state index contributed by atoms with van der Waals surface area (Å²) in [5, 5.41) is 6.11. The van der Waals surface area contributed by atoms with E-state index in [1.807, 2.05) is 24.3 Å². The number of anilines is 1. The number of ketones is 1. The maximum absolute atomic E-state index is 13.2. The fourth-order valence-electron chi connectivity index (χ4n) is 3.20. The smallest absolute Gasteiger partial charge is 0.319 e. The highest BCUT2D eigenvalue weighted by molar-refractivity contribution is 6.16. The van der Waals surface area contributed by atoms with Crippen molar-refractivity contribution >= 4 is 28.5 Å². The van der Waals surface area contributed by atoms with Gasteiger partial charge in [-0.1, -0.05) is 18.2 Å². The van der Waals surface area contributed by atoms with Crippen molar-refractivity contribution in [1.82, 2.24) is 20.3 Å². The zero-order chi connectivity index (χ0) is 21.6. The number of urea groups is 1. The molecule has 3 aromatic heterocycles. The number of ether oxygens (including phenoxy) is 1. The van der Waals surface area contributed by atoms with Crippen LogP contribution in [0.4, 0.5) is 10.5 Å². The third-order valence-corrected chi connectivity index (χ3v) is 4.71. The van der Waals surface area contributed by atoms with Crippen LogP contribution in [0, 0.1) is 0 Å². The number of aromatic amines is 1. The number of benzene rings is 1. The van der Waals surface area contributed by atoms with Gasteiger partial charge in [-0.25, -0.2) is 9.78 Å². The van der Waals surface area contributed by atoms with Gasteiger partial charge in [0.15, 0.2) is 5.78 Å². The number of aromatic nitrogens is 3. The van der Waals surface area contributed by atoms with E-state index < -0.39 is 0 Å². The van der Waals surface area contributed by atoms with Gasteiger partial charge in [0, 0.05) is 60.0 Å². The van der Waals surface area contributed by atoms with Crippen LogP contribution in [0.5, 0.6) is 0 Å². The second-order valence-corrected chi connectivity index (χ2v) is 6.82. The van der Waals surface area contributed by atoms with Crippen molar-refractivity contribution in [1.29, 1.82) is 0 Å². The maximum atomic E-state index is 13.2. The first-order valence-corrected chi connectivity index (χ1v) is 9.73. The molecular weight excluding hydrogens is 394 g/mol. The number of H-pyrrole nitrogens is 1. The van der Waals surface area contributed by atoms with E-state index in [2.05, 4.69) is 25.6 Å². The lowest BCUT2D eigenvalue weighted by atomic mass is 10.0. The number of carbonyl (C=O) groups excluding carboxylic acids is 2. The molecule has 156 valence electrons. The van der Waals surface area contributed by atoms with Crippen LogP contribution in [-0.2, 0) is 4.74 Å². The third kappa shape index (κ3) is 4.59. The molecule has 2 amide bonds. The van der Waals surface area contributed by atoms with Gasteiger partial charge >= 0.3 is 6.03 Å². The Bertz CT molecular complexity index is 1220.